The number of anilines is 1. The lowest BCUT2D eigenvalue weighted by Gasteiger charge is -2.04. The number of nitrogens with two attached hydrogens (primary N) is 1. The van der Waals surface area contributed by atoms with Crippen molar-refractivity contribution in [2.45, 2.75) is 6.42 Å². The topological polar surface area (TPSA) is 66.2 Å². The van der Waals surface area contributed by atoms with E-state index in [-0.39, 0.29) is 5.75 Å². The van der Waals surface area contributed by atoms with E-state index in [0.29, 0.717) is 12.1 Å². The van der Waals surface area contributed by atoms with E-state index >= 15 is 0 Å². The van der Waals surface area contributed by atoms with Crippen molar-refractivity contribution in [1.29, 1.82) is 0 Å². The van der Waals surface area contributed by atoms with Crippen molar-refractivity contribution >= 4 is 16.8 Å². The van der Waals surface area contributed by atoms with E-state index in [4.69, 9.17) is 5.73 Å². The molecule has 0 bridgehead atoms. The Bertz CT molecular complexity index is 271. The minimum absolute atomic E-state index is 0.171. The normalized spacial score (nSPS) is 12.8. The van der Waals surface area contributed by atoms with Crippen molar-refractivity contribution in [3.63, 3.8) is 0 Å². The Morgan fingerprint density at radius 1 is 1.33 bits per heavy atom. The molecule has 0 spiro atoms. The van der Waals surface area contributed by atoms with Gasteiger partial charge in [0.1, 0.15) is 0 Å². The molecule has 1 unspecified atom stereocenters. The van der Waals surface area contributed by atoms with Gasteiger partial charge in [-0.2, -0.15) is 0 Å². The minimum atomic E-state index is -1.95. The van der Waals surface area contributed by atoms with Gasteiger partial charge in [0.05, 0.1) is 0 Å². The van der Waals surface area contributed by atoms with E-state index in [0.717, 1.165) is 5.56 Å². The molecule has 0 amide bonds. The molecular weight excluding hydrogens is 174 g/mol. The minimum Gasteiger partial charge on any atom is -0.772 e. The zero-order valence-corrected chi connectivity index (χ0v) is 7.34. The Morgan fingerprint density at radius 2 is 1.92 bits per heavy atom. The average Bonchev–Trinajstić information content (AvgIpc) is 2.03. The molecular formula is C8H10NO2S-. The van der Waals surface area contributed by atoms with Crippen molar-refractivity contribution in [1.82, 2.24) is 0 Å². The summed E-state index contributed by atoms with van der Waals surface area (Å²) < 4.78 is 20.4. The molecule has 0 saturated heterocycles. The molecule has 1 atom stereocenters. The lowest BCUT2D eigenvalue weighted by molar-refractivity contribution is 0.536. The highest BCUT2D eigenvalue weighted by Gasteiger charge is 1.92. The second kappa shape index (κ2) is 4.23. The molecule has 0 radical (unpaired) electrons. The number of nitrogen functional groups attached to an aromatic ring is 1. The van der Waals surface area contributed by atoms with Crippen LogP contribution in [0.5, 0.6) is 0 Å². The van der Waals surface area contributed by atoms with Crippen molar-refractivity contribution in [3.05, 3.63) is 29.8 Å². The van der Waals surface area contributed by atoms with Gasteiger partial charge in [0, 0.05) is 11.4 Å². The largest absolute Gasteiger partial charge is 0.772 e. The summed E-state index contributed by atoms with van der Waals surface area (Å²) in [5.41, 5.74) is 7.15. The number of benzene rings is 1. The van der Waals surface area contributed by atoms with Gasteiger partial charge in [-0.15, -0.1) is 0 Å². The van der Waals surface area contributed by atoms with Gasteiger partial charge in [-0.3, -0.25) is 4.21 Å². The molecule has 12 heavy (non-hydrogen) atoms. The number of hydrogen-bond acceptors (Lipinski definition) is 3. The molecule has 4 heteroatoms. The summed E-state index contributed by atoms with van der Waals surface area (Å²) in [4.78, 5) is 0. The Balaban J connectivity index is 2.53. The van der Waals surface area contributed by atoms with Crippen molar-refractivity contribution < 1.29 is 8.76 Å². The fourth-order valence-corrected chi connectivity index (χ4v) is 1.29. The van der Waals surface area contributed by atoms with E-state index in [9.17, 15) is 8.76 Å². The summed E-state index contributed by atoms with van der Waals surface area (Å²) in [5, 5.41) is 0. The van der Waals surface area contributed by atoms with Crippen LogP contribution in [0, 0.1) is 0 Å². The van der Waals surface area contributed by atoms with Gasteiger partial charge in [0.2, 0.25) is 0 Å². The SMILES string of the molecule is Nc1ccc(CCS(=O)[O-])cc1. The first-order valence-corrected chi connectivity index (χ1v) is 4.83. The lowest BCUT2D eigenvalue weighted by Crippen LogP contribution is -1.99. The molecule has 0 heterocycles. The monoisotopic (exact) mass is 184 g/mol. The molecule has 1 aromatic carbocycles. The highest BCUT2D eigenvalue weighted by Crippen LogP contribution is 2.05. The summed E-state index contributed by atoms with van der Waals surface area (Å²) >= 11 is -1.95. The van der Waals surface area contributed by atoms with Gasteiger partial charge in [-0.05, 0) is 24.1 Å². The van der Waals surface area contributed by atoms with Crippen LogP contribution in [0.1, 0.15) is 5.56 Å². The third kappa shape index (κ3) is 3.02. The summed E-state index contributed by atoms with van der Waals surface area (Å²) in [6, 6.07) is 7.20. The zero-order valence-electron chi connectivity index (χ0n) is 6.53. The Labute approximate surface area is 73.9 Å². The fraction of sp³-hybridized carbons (Fsp3) is 0.250. The Hall–Kier alpha value is -0.870. The van der Waals surface area contributed by atoms with Crippen LogP contribution < -0.4 is 5.73 Å². The van der Waals surface area contributed by atoms with E-state index in [1.165, 1.54) is 0 Å². The van der Waals surface area contributed by atoms with Gasteiger partial charge >= 0.3 is 0 Å². The van der Waals surface area contributed by atoms with E-state index in [2.05, 4.69) is 0 Å². The molecule has 0 saturated carbocycles. The summed E-state index contributed by atoms with van der Waals surface area (Å²) in [5.74, 6) is 0.171. The third-order valence-electron chi connectivity index (χ3n) is 1.54. The highest BCUT2D eigenvalue weighted by molar-refractivity contribution is 7.79. The maximum atomic E-state index is 10.2. The summed E-state index contributed by atoms with van der Waals surface area (Å²) in [7, 11) is 0. The van der Waals surface area contributed by atoms with E-state index in [1.54, 1.807) is 12.1 Å². The molecule has 3 nitrogen and oxygen atoms in total. The second-order valence-corrected chi connectivity index (χ2v) is 3.52. The second-order valence-electron chi connectivity index (χ2n) is 2.50. The standard InChI is InChI=1S/C8H11NO2S/c9-8-3-1-7(2-4-8)5-6-12(10)11/h1-4H,5-6,9H2,(H,10,11)/p-1. The number of rotatable bonds is 3. The zero-order chi connectivity index (χ0) is 8.97. The fourth-order valence-electron chi connectivity index (χ4n) is 0.885. The van der Waals surface area contributed by atoms with Crippen LogP contribution in [-0.2, 0) is 17.5 Å². The average molecular weight is 184 g/mol. The number of hydrogen-bond donors (Lipinski definition) is 1. The maximum absolute atomic E-state index is 10.2. The van der Waals surface area contributed by atoms with Crippen molar-refractivity contribution in [3.8, 4) is 0 Å². The smallest absolute Gasteiger partial charge is 0.0314 e. The Kier molecular flexibility index (Phi) is 3.25. The van der Waals surface area contributed by atoms with E-state index < -0.39 is 11.1 Å². The van der Waals surface area contributed by atoms with Gasteiger partial charge in [0.25, 0.3) is 0 Å². The first-order chi connectivity index (χ1) is 5.68. The van der Waals surface area contributed by atoms with Crippen LogP contribution in [-0.4, -0.2) is 14.5 Å². The molecule has 1 aromatic rings. The van der Waals surface area contributed by atoms with Crippen molar-refractivity contribution in [2.24, 2.45) is 0 Å². The molecule has 0 aliphatic carbocycles. The Morgan fingerprint density at radius 3 is 2.42 bits per heavy atom. The van der Waals surface area contributed by atoms with Crippen LogP contribution in [0.3, 0.4) is 0 Å². The van der Waals surface area contributed by atoms with E-state index in [1.807, 2.05) is 12.1 Å². The number of aryl methyl sites for hydroxylation is 1. The molecule has 0 aliphatic heterocycles. The van der Waals surface area contributed by atoms with Crippen LogP contribution in [0.15, 0.2) is 24.3 Å². The summed E-state index contributed by atoms with van der Waals surface area (Å²) in [6.07, 6.45) is 0.552. The molecule has 66 valence electrons. The first kappa shape index (κ1) is 9.22. The molecule has 0 aliphatic rings. The van der Waals surface area contributed by atoms with Crippen LogP contribution >= 0.6 is 0 Å². The molecule has 1 rings (SSSR count). The summed E-state index contributed by atoms with van der Waals surface area (Å²) in [6.45, 7) is 0. The van der Waals surface area contributed by atoms with Gasteiger partial charge < -0.3 is 10.3 Å². The van der Waals surface area contributed by atoms with Gasteiger partial charge in [-0.1, -0.05) is 23.2 Å². The van der Waals surface area contributed by atoms with Crippen LogP contribution in [0.2, 0.25) is 0 Å². The van der Waals surface area contributed by atoms with Crippen molar-refractivity contribution in [2.75, 3.05) is 11.5 Å². The predicted molar refractivity (Wildman–Crippen MR) is 48.3 cm³/mol. The lowest BCUT2D eigenvalue weighted by atomic mass is 10.2. The highest BCUT2D eigenvalue weighted by atomic mass is 32.2. The predicted octanol–water partition coefficient (Wildman–Crippen LogP) is 0.690. The first-order valence-electron chi connectivity index (χ1n) is 3.59. The van der Waals surface area contributed by atoms with Crippen LogP contribution in [0.25, 0.3) is 0 Å². The molecule has 0 fully saturated rings. The van der Waals surface area contributed by atoms with Crippen LogP contribution in [0.4, 0.5) is 5.69 Å². The quantitative estimate of drug-likeness (QED) is 0.555. The van der Waals surface area contributed by atoms with Gasteiger partial charge in [-0.25, -0.2) is 0 Å². The van der Waals surface area contributed by atoms with Gasteiger partial charge in [0.15, 0.2) is 0 Å². The maximum Gasteiger partial charge on any atom is 0.0314 e. The molecule has 2 N–H and O–H groups in total. The molecule has 0 aromatic heterocycles. The third-order valence-corrected chi connectivity index (χ3v) is 2.07.